The second-order valence-electron chi connectivity index (χ2n) is 3.99. The SMILES string of the molecule is COc1cc(F)c([N+](=O)[O-])c(Oc2ccc(SC)cc2)c1. The zero-order valence-corrected chi connectivity index (χ0v) is 12.1. The zero-order chi connectivity index (χ0) is 15.4. The molecule has 2 aromatic rings. The molecule has 0 saturated heterocycles. The molecule has 0 spiro atoms. The van der Waals surface area contributed by atoms with Gasteiger partial charge in [-0.15, -0.1) is 11.8 Å². The van der Waals surface area contributed by atoms with E-state index in [1.165, 1.54) is 13.2 Å². The molecule has 0 heterocycles. The molecule has 0 saturated carbocycles. The van der Waals surface area contributed by atoms with Crippen LogP contribution in [0, 0.1) is 15.9 Å². The number of rotatable bonds is 5. The second-order valence-corrected chi connectivity index (χ2v) is 4.87. The lowest BCUT2D eigenvalue weighted by molar-refractivity contribution is -0.388. The van der Waals surface area contributed by atoms with Crippen molar-refractivity contribution in [2.24, 2.45) is 0 Å². The molecule has 0 aromatic heterocycles. The minimum atomic E-state index is -1.00. The number of nitro benzene ring substituents is 1. The second kappa shape index (κ2) is 6.45. The van der Waals surface area contributed by atoms with Gasteiger partial charge in [-0.1, -0.05) is 0 Å². The maximum absolute atomic E-state index is 13.8. The fraction of sp³-hybridized carbons (Fsp3) is 0.143. The molecule has 21 heavy (non-hydrogen) atoms. The largest absolute Gasteiger partial charge is 0.497 e. The third kappa shape index (κ3) is 3.43. The standard InChI is InChI=1S/C14H12FNO4S/c1-19-10-7-12(15)14(16(17)18)13(8-10)20-9-3-5-11(21-2)6-4-9/h3-8H,1-2H3. The quantitative estimate of drug-likeness (QED) is 0.469. The monoisotopic (exact) mass is 309 g/mol. The molecule has 2 rings (SSSR count). The van der Waals surface area contributed by atoms with Gasteiger partial charge in [0.1, 0.15) is 11.5 Å². The van der Waals surface area contributed by atoms with Gasteiger partial charge in [0.25, 0.3) is 0 Å². The van der Waals surface area contributed by atoms with Gasteiger partial charge >= 0.3 is 5.69 Å². The predicted octanol–water partition coefficient (Wildman–Crippen LogP) is 4.26. The lowest BCUT2D eigenvalue weighted by atomic mass is 10.2. The Hall–Kier alpha value is -2.28. The summed E-state index contributed by atoms with van der Waals surface area (Å²) in [7, 11) is 1.34. The van der Waals surface area contributed by atoms with Gasteiger partial charge in [0.2, 0.25) is 11.6 Å². The Morgan fingerprint density at radius 2 is 1.86 bits per heavy atom. The first-order chi connectivity index (χ1) is 10.0. The van der Waals surface area contributed by atoms with E-state index >= 15 is 0 Å². The number of nitro groups is 1. The van der Waals surface area contributed by atoms with Crippen LogP contribution in [0.5, 0.6) is 17.2 Å². The Labute approximate surface area is 124 Å². The Morgan fingerprint density at radius 1 is 1.19 bits per heavy atom. The van der Waals surface area contributed by atoms with Gasteiger partial charge in [-0.3, -0.25) is 10.1 Å². The smallest absolute Gasteiger partial charge is 0.347 e. The fourth-order valence-electron chi connectivity index (χ4n) is 1.69. The highest BCUT2D eigenvalue weighted by Crippen LogP contribution is 2.37. The molecule has 0 unspecified atom stereocenters. The molecule has 7 heteroatoms. The molecule has 0 aliphatic heterocycles. The van der Waals surface area contributed by atoms with Crippen LogP contribution in [0.3, 0.4) is 0 Å². The summed E-state index contributed by atoms with van der Waals surface area (Å²) in [6.07, 6.45) is 1.93. The van der Waals surface area contributed by atoms with E-state index in [0.717, 1.165) is 11.0 Å². The minimum Gasteiger partial charge on any atom is -0.497 e. The van der Waals surface area contributed by atoms with Gasteiger partial charge in [-0.25, -0.2) is 0 Å². The lowest BCUT2D eigenvalue weighted by Gasteiger charge is -2.09. The van der Waals surface area contributed by atoms with Crippen molar-refractivity contribution in [1.29, 1.82) is 0 Å². The van der Waals surface area contributed by atoms with Crippen LogP contribution in [0.1, 0.15) is 0 Å². The van der Waals surface area contributed by atoms with E-state index in [-0.39, 0.29) is 11.5 Å². The number of hydrogen-bond donors (Lipinski definition) is 0. The van der Waals surface area contributed by atoms with Crippen LogP contribution in [0.25, 0.3) is 0 Å². The van der Waals surface area contributed by atoms with Crippen LogP contribution < -0.4 is 9.47 Å². The third-order valence-corrected chi connectivity index (χ3v) is 3.45. The molecular formula is C14H12FNO4S. The Bertz CT molecular complexity index is 661. The summed E-state index contributed by atoms with van der Waals surface area (Å²) >= 11 is 1.56. The molecular weight excluding hydrogens is 297 g/mol. The van der Waals surface area contributed by atoms with Gasteiger partial charge < -0.3 is 9.47 Å². The van der Waals surface area contributed by atoms with Crippen molar-refractivity contribution < 1.29 is 18.8 Å². The molecule has 2 aromatic carbocycles. The highest BCUT2D eigenvalue weighted by Gasteiger charge is 2.24. The van der Waals surface area contributed by atoms with Crippen molar-refractivity contribution in [3.8, 4) is 17.2 Å². The van der Waals surface area contributed by atoms with E-state index in [0.29, 0.717) is 5.75 Å². The summed E-state index contributed by atoms with van der Waals surface area (Å²) in [6, 6.07) is 9.16. The summed E-state index contributed by atoms with van der Waals surface area (Å²) < 4.78 is 24.1. The van der Waals surface area contributed by atoms with Crippen molar-refractivity contribution in [3.05, 3.63) is 52.3 Å². The molecule has 0 atom stereocenters. The highest BCUT2D eigenvalue weighted by atomic mass is 32.2. The summed E-state index contributed by atoms with van der Waals surface area (Å²) in [4.78, 5) is 11.2. The van der Waals surface area contributed by atoms with Gasteiger partial charge in [-0.2, -0.15) is 4.39 Å². The first-order valence-corrected chi connectivity index (χ1v) is 7.11. The number of ether oxygens (including phenoxy) is 2. The van der Waals surface area contributed by atoms with E-state index in [1.807, 2.05) is 18.4 Å². The van der Waals surface area contributed by atoms with Crippen LogP contribution in [-0.4, -0.2) is 18.3 Å². The normalized spacial score (nSPS) is 10.2. The van der Waals surface area contributed by atoms with Gasteiger partial charge in [-0.05, 0) is 30.5 Å². The van der Waals surface area contributed by atoms with Crippen LogP contribution in [0.15, 0.2) is 41.3 Å². The Morgan fingerprint density at radius 3 is 2.38 bits per heavy atom. The molecule has 0 amide bonds. The van der Waals surface area contributed by atoms with E-state index in [1.54, 1.807) is 23.9 Å². The molecule has 5 nitrogen and oxygen atoms in total. The van der Waals surface area contributed by atoms with Crippen LogP contribution >= 0.6 is 11.8 Å². The first-order valence-electron chi connectivity index (χ1n) is 5.89. The third-order valence-electron chi connectivity index (χ3n) is 2.71. The van der Waals surface area contributed by atoms with Crippen LogP contribution in [0.4, 0.5) is 10.1 Å². The zero-order valence-electron chi connectivity index (χ0n) is 11.3. The van der Waals surface area contributed by atoms with Gasteiger partial charge in [0.05, 0.1) is 12.0 Å². The molecule has 110 valence electrons. The number of halogens is 1. The van der Waals surface area contributed by atoms with Crippen molar-refractivity contribution in [1.82, 2.24) is 0 Å². The van der Waals surface area contributed by atoms with Crippen molar-refractivity contribution in [2.45, 2.75) is 4.90 Å². The summed E-state index contributed by atoms with van der Waals surface area (Å²) in [5.74, 6) is -0.679. The van der Waals surface area contributed by atoms with Crippen LogP contribution in [0.2, 0.25) is 0 Å². The first kappa shape index (κ1) is 15.1. The number of nitrogens with zero attached hydrogens (tertiary/aromatic N) is 1. The predicted molar refractivity (Wildman–Crippen MR) is 77.9 cm³/mol. The Balaban J connectivity index is 2.41. The Kier molecular flexibility index (Phi) is 4.64. The van der Waals surface area contributed by atoms with Crippen molar-refractivity contribution in [3.63, 3.8) is 0 Å². The highest BCUT2D eigenvalue weighted by molar-refractivity contribution is 7.98. The van der Waals surface area contributed by atoms with Crippen molar-refractivity contribution in [2.75, 3.05) is 13.4 Å². The number of hydrogen-bond acceptors (Lipinski definition) is 5. The minimum absolute atomic E-state index is 0.147. The molecule has 0 bridgehead atoms. The molecule has 0 fully saturated rings. The van der Waals surface area contributed by atoms with Gasteiger partial charge in [0, 0.05) is 17.0 Å². The maximum Gasteiger partial charge on any atom is 0.347 e. The van der Waals surface area contributed by atoms with E-state index < -0.39 is 16.4 Å². The number of methoxy groups -OCH3 is 1. The van der Waals surface area contributed by atoms with E-state index in [9.17, 15) is 14.5 Å². The van der Waals surface area contributed by atoms with Crippen molar-refractivity contribution >= 4 is 17.4 Å². The summed E-state index contributed by atoms with van der Waals surface area (Å²) in [5, 5.41) is 11.0. The summed E-state index contributed by atoms with van der Waals surface area (Å²) in [6.45, 7) is 0. The average molecular weight is 309 g/mol. The number of thioether (sulfide) groups is 1. The van der Waals surface area contributed by atoms with E-state index in [2.05, 4.69) is 0 Å². The number of benzene rings is 2. The maximum atomic E-state index is 13.8. The van der Waals surface area contributed by atoms with Crippen LogP contribution in [-0.2, 0) is 0 Å². The van der Waals surface area contributed by atoms with E-state index in [4.69, 9.17) is 9.47 Å². The molecule has 0 aliphatic rings. The topological polar surface area (TPSA) is 61.6 Å². The molecule has 0 radical (unpaired) electrons. The average Bonchev–Trinajstić information content (AvgIpc) is 2.47. The van der Waals surface area contributed by atoms with Gasteiger partial charge in [0.15, 0.2) is 0 Å². The molecule has 0 aliphatic carbocycles. The summed E-state index contributed by atoms with van der Waals surface area (Å²) in [5.41, 5.74) is -0.718. The molecule has 0 N–H and O–H groups in total. The fourth-order valence-corrected chi connectivity index (χ4v) is 2.10. The lowest BCUT2D eigenvalue weighted by Crippen LogP contribution is -1.98.